The monoisotopic (exact) mass is 350 g/mol. The van der Waals surface area contributed by atoms with E-state index in [4.69, 9.17) is 28.9 Å². The Bertz CT molecular complexity index is 825. The van der Waals surface area contributed by atoms with Crippen LogP contribution in [0.1, 0.15) is 18.4 Å². The first-order chi connectivity index (χ1) is 11.1. The normalized spacial score (nSPS) is 11.3. The molecule has 23 heavy (non-hydrogen) atoms. The van der Waals surface area contributed by atoms with Gasteiger partial charge in [0, 0.05) is 11.1 Å². The summed E-state index contributed by atoms with van der Waals surface area (Å²) in [6.07, 6.45) is 2.82. The highest BCUT2D eigenvalue weighted by Crippen LogP contribution is 2.37. The van der Waals surface area contributed by atoms with E-state index in [0.29, 0.717) is 16.6 Å². The number of hydrogen-bond acceptors (Lipinski definition) is 1. The Morgan fingerprint density at radius 2 is 1.74 bits per heavy atom. The summed E-state index contributed by atoms with van der Waals surface area (Å²) >= 11 is 12.5. The number of hydrogen-bond donors (Lipinski definition) is 2. The van der Waals surface area contributed by atoms with Crippen molar-refractivity contribution in [1.29, 1.82) is 0 Å². The predicted molar refractivity (Wildman–Crippen MR) is 95.7 cm³/mol. The van der Waals surface area contributed by atoms with Gasteiger partial charge in [-0.3, -0.25) is 0 Å². The molecular weight excluding hydrogens is 334 g/mol. The smallest absolute Gasteiger partial charge is 0.123 e. The molecule has 0 aliphatic carbocycles. The van der Waals surface area contributed by atoms with Crippen LogP contribution in [0.5, 0.6) is 0 Å². The van der Waals surface area contributed by atoms with Crippen LogP contribution in [0.3, 0.4) is 0 Å². The summed E-state index contributed by atoms with van der Waals surface area (Å²) in [5.74, 6) is -0.254. The van der Waals surface area contributed by atoms with Crippen molar-refractivity contribution in [2.24, 2.45) is 5.73 Å². The molecule has 5 heteroatoms. The number of halogens is 3. The third-order valence-electron chi connectivity index (χ3n) is 3.99. The number of rotatable bonds is 5. The quantitative estimate of drug-likeness (QED) is 0.581. The SMILES string of the molecule is NCCCCc1c(-c2ccc(F)cc2)[nH]c2c(Cl)c(Cl)ccc12. The Balaban J connectivity index is 2.16. The lowest BCUT2D eigenvalue weighted by Crippen LogP contribution is -1.99. The van der Waals surface area contributed by atoms with Crippen molar-refractivity contribution >= 4 is 34.1 Å². The second-order valence-electron chi connectivity index (χ2n) is 5.52. The van der Waals surface area contributed by atoms with Crippen LogP contribution in [0.25, 0.3) is 22.2 Å². The van der Waals surface area contributed by atoms with Crippen LogP contribution < -0.4 is 5.73 Å². The molecule has 1 heterocycles. The Morgan fingerprint density at radius 3 is 2.43 bits per heavy atom. The summed E-state index contributed by atoms with van der Waals surface area (Å²) in [7, 11) is 0. The number of nitrogens with one attached hydrogen (secondary N) is 1. The van der Waals surface area contributed by atoms with E-state index < -0.39 is 0 Å². The Labute approximate surface area is 144 Å². The standard InChI is InChI=1S/C18H17Cl2FN2/c19-15-9-8-14-13(3-1-2-10-22)17(23-18(14)16(15)20)11-4-6-12(21)7-5-11/h4-9,23H,1-3,10,22H2. The van der Waals surface area contributed by atoms with Crippen molar-refractivity contribution in [3.63, 3.8) is 0 Å². The first-order valence-electron chi connectivity index (χ1n) is 7.56. The van der Waals surface area contributed by atoms with Gasteiger partial charge in [-0.2, -0.15) is 0 Å². The van der Waals surface area contributed by atoms with E-state index in [2.05, 4.69) is 4.98 Å². The van der Waals surface area contributed by atoms with Gasteiger partial charge >= 0.3 is 0 Å². The zero-order valence-electron chi connectivity index (χ0n) is 12.5. The van der Waals surface area contributed by atoms with Crippen LogP contribution >= 0.6 is 23.2 Å². The molecule has 0 saturated heterocycles. The average Bonchev–Trinajstić information content (AvgIpc) is 2.91. The molecule has 0 atom stereocenters. The highest BCUT2D eigenvalue weighted by molar-refractivity contribution is 6.45. The van der Waals surface area contributed by atoms with Gasteiger partial charge in [0.1, 0.15) is 5.82 Å². The number of benzene rings is 2. The van der Waals surface area contributed by atoms with E-state index in [1.807, 2.05) is 6.07 Å². The molecular formula is C18H17Cl2FN2. The van der Waals surface area contributed by atoms with Gasteiger partial charge in [0.05, 0.1) is 15.6 Å². The van der Waals surface area contributed by atoms with Crippen LogP contribution in [-0.2, 0) is 6.42 Å². The number of H-pyrrole nitrogens is 1. The van der Waals surface area contributed by atoms with Gasteiger partial charge in [-0.1, -0.05) is 29.3 Å². The van der Waals surface area contributed by atoms with Gasteiger partial charge in [-0.05, 0) is 67.3 Å². The molecule has 2 nitrogen and oxygen atoms in total. The minimum Gasteiger partial charge on any atom is -0.353 e. The van der Waals surface area contributed by atoms with Crippen LogP contribution in [0, 0.1) is 5.82 Å². The second-order valence-corrected chi connectivity index (χ2v) is 6.30. The number of nitrogens with two attached hydrogens (primary N) is 1. The highest BCUT2D eigenvalue weighted by atomic mass is 35.5. The summed E-state index contributed by atoms with van der Waals surface area (Å²) in [5, 5.41) is 2.08. The Kier molecular flexibility index (Phi) is 4.90. The van der Waals surface area contributed by atoms with Crippen molar-refractivity contribution in [1.82, 2.24) is 4.98 Å². The maximum atomic E-state index is 13.2. The fraction of sp³-hybridized carbons (Fsp3) is 0.222. The molecule has 120 valence electrons. The van der Waals surface area contributed by atoms with E-state index in [-0.39, 0.29) is 5.82 Å². The van der Waals surface area contributed by atoms with Crippen LogP contribution in [0.15, 0.2) is 36.4 Å². The number of aromatic nitrogens is 1. The highest BCUT2D eigenvalue weighted by Gasteiger charge is 2.16. The molecule has 0 bridgehead atoms. The summed E-state index contributed by atoms with van der Waals surface area (Å²) in [4.78, 5) is 3.37. The van der Waals surface area contributed by atoms with Gasteiger partial charge in [0.25, 0.3) is 0 Å². The second kappa shape index (κ2) is 6.91. The summed E-state index contributed by atoms with van der Waals surface area (Å²) in [6, 6.07) is 10.2. The van der Waals surface area contributed by atoms with E-state index in [0.717, 1.165) is 41.4 Å². The number of aryl methyl sites for hydroxylation is 1. The molecule has 0 fully saturated rings. The van der Waals surface area contributed by atoms with Crippen molar-refractivity contribution in [3.05, 3.63) is 57.8 Å². The van der Waals surface area contributed by atoms with E-state index in [1.54, 1.807) is 18.2 Å². The first kappa shape index (κ1) is 16.3. The summed E-state index contributed by atoms with van der Waals surface area (Å²) in [5.41, 5.74) is 9.48. The zero-order valence-corrected chi connectivity index (χ0v) is 14.0. The van der Waals surface area contributed by atoms with E-state index >= 15 is 0 Å². The third-order valence-corrected chi connectivity index (χ3v) is 4.79. The topological polar surface area (TPSA) is 41.8 Å². The van der Waals surface area contributed by atoms with Crippen LogP contribution in [-0.4, -0.2) is 11.5 Å². The lowest BCUT2D eigenvalue weighted by atomic mass is 10.0. The third kappa shape index (κ3) is 3.23. The maximum absolute atomic E-state index is 13.2. The van der Waals surface area contributed by atoms with Crippen molar-refractivity contribution in [2.45, 2.75) is 19.3 Å². The summed E-state index contributed by atoms with van der Waals surface area (Å²) < 4.78 is 13.2. The Morgan fingerprint density at radius 1 is 1.00 bits per heavy atom. The fourth-order valence-corrected chi connectivity index (χ4v) is 3.20. The molecule has 0 aliphatic heterocycles. The van der Waals surface area contributed by atoms with Gasteiger partial charge in [-0.15, -0.1) is 0 Å². The minimum absolute atomic E-state index is 0.254. The van der Waals surface area contributed by atoms with Crippen LogP contribution in [0.4, 0.5) is 4.39 Å². The number of aromatic amines is 1. The van der Waals surface area contributed by atoms with Crippen molar-refractivity contribution in [2.75, 3.05) is 6.54 Å². The molecule has 0 amide bonds. The number of unbranched alkanes of at least 4 members (excludes halogenated alkanes) is 1. The Hall–Kier alpha value is -1.55. The average molecular weight is 351 g/mol. The van der Waals surface area contributed by atoms with Gasteiger partial charge in [0.15, 0.2) is 0 Å². The van der Waals surface area contributed by atoms with E-state index in [1.165, 1.54) is 17.7 Å². The van der Waals surface area contributed by atoms with Crippen LogP contribution in [0.2, 0.25) is 10.0 Å². The molecule has 0 spiro atoms. The van der Waals surface area contributed by atoms with Gasteiger partial charge in [-0.25, -0.2) is 4.39 Å². The fourth-order valence-electron chi connectivity index (χ4n) is 2.83. The molecule has 2 aromatic carbocycles. The molecule has 0 aliphatic rings. The maximum Gasteiger partial charge on any atom is 0.123 e. The molecule has 0 saturated carbocycles. The molecule has 0 radical (unpaired) electrons. The lowest BCUT2D eigenvalue weighted by molar-refractivity contribution is 0.628. The minimum atomic E-state index is -0.254. The molecule has 3 N–H and O–H groups in total. The summed E-state index contributed by atoms with van der Waals surface area (Å²) in [6.45, 7) is 0.667. The molecule has 0 unspecified atom stereocenters. The largest absolute Gasteiger partial charge is 0.353 e. The first-order valence-corrected chi connectivity index (χ1v) is 8.32. The van der Waals surface area contributed by atoms with Crippen molar-refractivity contribution < 1.29 is 4.39 Å². The number of fused-ring (bicyclic) bond motifs is 1. The molecule has 1 aromatic heterocycles. The van der Waals surface area contributed by atoms with Gasteiger partial charge < -0.3 is 10.7 Å². The van der Waals surface area contributed by atoms with Gasteiger partial charge in [0.2, 0.25) is 0 Å². The molecule has 3 rings (SSSR count). The zero-order chi connectivity index (χ0) is 16.4. The lowest BCUT2D eigenvalue weighted by Gasteiger charge is -2.05. The molecule has 3 aromatic rings. The van der Waals surface area contributed by atoms with Crippen molar-refractivity contribution in [3.8, 4) is 11.3 Å². The predicted octanol–water partition coefficient (Wildman–Crippen LogP) is 5.56. The van der Waals surface area contributed by atoms with E-state index in [9.17, 15) is 4.39 Å².